The predicted octanol–water partition coefficient (Wildman–Crippen LogP) is -0.614. The van der Waals surface area contributed by atoms with Crippen LogP contribution < -0.4 is 10.6 Å². The molecule has 0 aliphatic heterocycles. The molecule has 1 aromatic heterocycles. The minimum absolute atomic E-state index is 0.136. The van der Waals surface area contributed by atoms with Crippen molar-refractivity contribution < 1.29 is 34.5 Å². The second kappa shape index (κ2) is 17.1. The van der Waals surface area contributed by atoms with E-state index in [9.17, 15) is 19.2 Å². The monoisotopic (exact) mass is 503 g/mol. The predicted molar refractivity (Wildman–Crippen MR) is 124 cm³/mol. The first-order chi connectivity index (χ1) is 15.8. The number of nitrogens with one attached hydrogen (secondary N) is 2. The highest BCUT2D eigenvalue weighted by Gasteiger charge is 2.17. The molecule has 0 saturated carbocycles. The van der Waals surface area contributed by atoms with Crippen molar-refractivity contribution in [2.45, 2.75) is 5.03 Å². The quantitative estimate of drug-likeness (QED) is 0.120. The second-order valence-electron chi connectivity index (χ2n) is 6.77. The molecule has 0 unspecified atom stereocenters. The summed E-state index contributed by atoms with van der Waals surface area (Å²) in [6, 6.07) is 5.60. The molecule has 0 aromatic carbocycles. The number of hydrogen-bond acceptors (Lipinski definition) is 10. The summed E-state index contributed by atoms with van der Waals surface area (Å²) < 4.78 is 0. The number of nitrogens with zero attached hydrogens (tertiary/aromatic N) is 3. The van der Waals surface area contributed by atoms with Crippen molar-refractivity contribution in [3.63, 3.8) is 0 Å². The molecule has 33 heavy (non-hydrogen) atoms. The molecular formula is C19H29N5O7S2. The molecule has 0 radical (unpaired) electrons. The van der Waals surface area contributed by atoms with Gasteiger partial charge in [-0.1, -0.05) is 16.9 Å². The summed E-state index contributed by atoms with van der Waals surface area (Å²) in [5, 5.41) is 33.1. The molecule has 5 N–H and O–H groups in total. The normalized spacial score (nSPS) is 11.0. The molecule has 0 saturated heterocycles. The Kier molecular flexibility index (Phi) is 14.9. The molecule has 14 heteroatoms. The van der Waals surface area contributed by atoms with Crippen molar-refractivity contribution in [2.24, 2.45) is 0 Å². The standard InChI is InChI=1S/C19H29N5O7S2/c25-15(21-6-10-32-33-16-3-1-2-4-22-16)12-24(14-19(30)31)9-8-23(13-18(28)29)7-5-20-11-17(26)27/h1-4,20H,5-14H2,(H,21,25)(H,26,27)(H,28,29)(H,30,31). The number of carbonyl (C=O) groups is 4. The molecule has 12 nitrogen and oxygen atoms in total. The first-order valence-corrected chi connectivity index (χ1v) is 12.4. The number of aliphatic carboxylic acids is 3. The third-order valence-electron chi connectivity index (χ3n) is 3.99. The van der Waals surface area contributed by atoms with Crippen LogP contribution >= 0.6 is 21.6 Å². The van der Waals surface area contributed by atoms with E-state index in [0.29, 0.717) is 12.3 Å². The molecule has 0 bridgehead atoms. The largest absolute Gasteiger partial charge is 0.480 e. The molecule has 1 heterocycles. The van der Waals surface area contributed by atoms with Gasteiger partial charge in [-0.2, -0.15) is 0 Å². The Balaban J connectivity index is 2.40. The Hall–Kier alpha value is -2.39. The summed E-state index contributed by atoms with van der Waals surface area (Å²) in [6.07, 6.45) is 1.70. The fraction of sp³-hybridized carbons (Fsp3) is 0.526. The van der Waals surface area contributed by atoms with Crippen molar-refractivity contribution in [1.82, 2.24) is 25.4 Å². The number of rotatable bonds is 19. The maximum atomic E-state index is 12.2. The van der Waals surface area contributed by atoms with E-state index in [0.717, 1.165) is 5.03 Å². The van der Waals surface area contributed by atoms with Gasteiger partial charge in [-0.05, 0) is 22.9 Å². The number of pyridine rings is 1. The van der Waals surface area contributed by atoms with Gasteiger partial charge in [-0.3, -0.25) is 29.0 Å². The topological polar surface area (TPSA) is 172 Å². The van der Waals surface area contributed by atoms with E-state index in [1.807, 2.05) is 18.2 Å². The fourth-order valence-electron chi connectivity index (χ4n) is 2.57. The lowest BCUT2D eigenvalue weighted by Crippen LogP contribution is -2.45. The summed E-state index contributed by atoms with van der Waals surface area (Å²) in [7, 11) is 3.03. The van der Waals surface area contributed by atoms with Crippen LogP contribution in [0.15, 0.2) is 29.4 Å². The smallest absolute Gasteiger partial charge is 0.317 e. The number of carboxylic acid groups (broad SMARTS) is 3. The van der Waals surface area contributed by atoms with E-state index < -0.39 is 17.9 Å². The Morgan fingerprint density at radius 1 is 0.879 bits per heavy atom. The molecule has 184 valence electrons. The highest BCUT2D eigenvalue weighted by atomic mass is 33.1. The Bertz CT molecular complexity index is 757. The summed E-state index contributed by atoms with van der Waals surface area (Å²) in [5.41, 5.74) is 0. The van der Waals surface area contributed by atoms with Gasteiger partial charge in [-0.15, -0.1) is 0 Å². The SMILES string of the molecule is O=C(O)CNCCN(CCN(CC(=O)O)CC(=O)NCCSSc1ccccn1)CC(=O)O. The van der Waals surface area contributed by atoms with Crippen LogP contribution in [0, 0.1) is 0 Å². The van der Waals surface area contributed by atoms with Crippen LogP contribution in [-0.2, 0) is 19.2 Å². The van der Waals surface area contributed by atoms with E-state index in [1.54, 1.807) is 11.1 Å². The van der Waals surface area contributed by atoms with Crippen LogP contribution in [-0.4, -0.2) is 119 Å². The number of hydrogen-bond donors (Lipinski definition) is 5. The highest BCUT2D eigenvalue weighted by Crippen LogP contribution is 2.28. The molecule has 1 aromatic rings. The van der Waals surface area contributed by atoms with Gasteiger partial charge in [0.1, 0.15) is 5.03 Å². The molecule has 0 aliphatic rings. The van der Waals surface area contributed by atoms with Gasteiger partial charge in [0.25, 0.3) is 0 Å². The molecule has 0 fully saturated rings. The molecule has 1 rings (SSSR count). The summed E-state index contributed by atoms with van der Waals surface area (Å²) in [6.45, 7) is 0.264. The van der Waals surface area contributed by atoms with Gasteiger partial charge in [0.2, 0.25) is 5.91 Å². The Morgan fingerprint density at radius 3 is 2.21 bits per heavy atom. The van der Waals surface area contributed by atoms with Gasteiger partial charge < -0.3 is 26.0 Å². The van der Waals surface area contributed by atoms with Gasteiger partial charge >= 0.3 is 17.9 Å². The summed E-state index contributed by atoms with van der Waals surface area (Å²) >= 11 is 0. The van der Waals surface area contributed by atoms with Gasteiger partial charge in [0.15, 0.2) is 0 Å². The Labute approximate surface area is 199 Å². The maximum Gasteiger partial charge on any atom is 0.317 e. The van der Waals surface area contributed by atoms with E-state index in [2.05, 4.69) is 15.6 Å². The fourth-order valence-corrected chi connectivity index (χ4v) is 4.36. The lowest BCUT2D eigenvalue weighted by Gasteiger charge is -2.25. The number of carbonyl (C=O) groups excluding carboxylic acids is 1. The van der Waals surface area contributed by atoms with Crippen molar-refractivity contribution in [1.29, 1.82) is 0 Å². The van der Waals surface area contributed by atoms with Crippen molar-refractivity contribution in [2.75, 3.05) is 64.7 Å². The molecule has 0 atom stereocenters. The third-order valence-corrected chi connectivity index (χ3v) is 6.25. The minimum atomic E-state index is -1.10. The summed E-state index contributed by atoms with van der Waals surface area (Å²) in [4.78, 5) is 52.2. The molecule has 0 spiro atoms. The van der Waals surface area contributed by atoms with E-state index >= 15 is 0 Å². The van der Waals surface area contributed by atoms with Crippen molar-refractivity contribution >= 4 is 45.4 Å². The number of aromatic nitrogens is 1. The zero-order valence-electron chi connectivity index (χ0n) is 18.0. The Morgan fingerprint density at radius 2 is 1.58 bits per heavy atom. The zero-order valence-corrected chi connectivity index (χ0v) is 19.6. The van der Waals surface area contributed by atoms with E-state index in [-0.39, 0.29) is 58.3 Å². The second-order valence-corrected chi connectivity index (χ2v) is 9.20. The molecule has 1 amide bonds. The highest BCUT2D eigenvalue weighted by molar-refractivity contribution is 8.76. The third kappa shape index (κ3) is 16.0. The van der Waals surface area contributed by atoms with Crippen molar-refractivity contribution in [3.05, 3.63) is 24.4 Å². The summed E-state index contributed by atoms with van der Waals surface area (Å²) in [5.74, 6) is -2.86. The average molecular weight is 504 g/mol. The van der Waals surface area contributed by atoms with Crippen LogP contribution in [0.2, 0.25) is 0 Å². The van der Waals surface area contributed by atoms with Crippen LogP contribution in [0.25, 0.3) is 0 Å². The number of carboxylic acids is 3. The van der Waals surface area contributed by atoms with Crippen LogP contribution in [0.3, 0.4) is 0 Å². The minimum Gasteiger partial charge on any atom is -0.480 e. The molecular weight excluding hydrogens is 474 g/mol. The van der Waals surface area contributed by atoms with Crippen molar-refractivity contribution in [3.8, 4) is 0 Å². The zero-order chi connectivity index (χ0) is 24.5. The van der Waals surface area contributed by atoms with Gasteiger partial charge in [0.05, 0.1) is 26.2 Å². The van der Waals surface area contributed by atoms with Crippen LogP contribution in [0.5, 0.6) is 0 Å². The maximum absolute atomic E-state index is 12.2. The lowest BCUT2D eigenvalue weighted by atomic mass is 10.3. The molecule has 0 aliphatic carbocycles. The average Bonchev–Trinajstić information content (AvgIpc) is 2.74. The van der Waals surface area contributed by atoms with Crippen LogP contribution in [0.1, 0.15) is 0 Å². The van der Waals surface area contributed by atoms with Crippen LogP contribution in [0.4, 0.5) is 0 Å². The van der Waals surface area contributed by atoms with Gasteiger partial charge in [-0.25, -0.2) is 4.98 Å². The van der Waals surface area contributed by atoms with E-state index in [1.165, 1.54) is 26.5 Å². The van der Waals surface area contributed by atoms with E-state index in [4.69, 9.17) is 15.3 Å². The lowest BCUT2D eigenvalue weighted by molar-refractivity contribution is -0.140. The number of amides is 1. The first kappa shape index (κ1) is 28.6. The first-order valence-electron chi connectivity index (χ1n) is 10.0. The van der Waals surface area contributed by atoms with Gasteiger partial charge in [0, 0.05) is 44.7 Å².